The number of aliphatic carboxylic acids is 1. The monoisotopic (exact) mass is 200 g/mol. The highest BCUT2D eigenvalue weighted by Crippen LogP contribution is 2.42. The van der Waals surface area contributed by atoms with Crippen LogP contribution in [0, 0.1) is 5.92 Å². The van der Waals surface area contributed by atoms with E-state index in [0.29, 0.717) is 12.5 Å². The molecule has 2 aliphatic heterocycles. The standard InChI is InChI=1S/C10H16O4/c1-10(13,9(11)12)5-6-4-7-2-3-8(6)14-7/h6-8,13H,2-5H2,1H3,(H,11,12). The number of hydrogen-bond acceptors (Lipinski definition) is 3. The number of ether oxygens (including phenoxy) is 1. The maximum atomic E-state index is 10.7. The molecule has 4 atom stereocenters. The van der Waals surface area contributed by atoms with Crippen molar-refractivity contribution in [3.8, 4) is 0 Å². The summed E-state index contributed by atoms with van der Waals surface area (Å²) in [6.07, 6.45) is 3.83. The van der Waals surface area contributed by atoms with E-state index >= 15 is 0 Å². The third-order valence-electron chi connectivity index (χ3n) is 3.35. The fourth-order valence-electron chi connectivity index (χ4n) is 2.56. The van der Waals surface area contributed by atoms with Crippen LogP contribution in [-0.4, -0.2) is 34.0 Å². The Morgan fingerprint density at radius 1 is 1.57 bits per heavy atom. The summed E-state index contributed by atoms with van der Waals surface area (Å²) < 4.78 is 5.61. The maximum absolute atomic E-state index is 10.7. The van der Waals surface area contributed by atoms with E-state index in [2.05, 4.69) is 0 Å². The highest BCUT2D eigenvalue weighted by Gasteiger charge is 2.45. The minimum atomic E-state index is -1.60. The number of carboxylic acids is 1. The van der Waals surface area contributed by atoms with Gasteiger partial charge in [-0.25, -0.2) is 4.79 Å². The summed E-state index contributed by atoms with van der Waals surface area (Å²) in [6, 6.07) is 0. The fraction of sp³-hybridized carbons (Fsp3) is 0.900. The molecule has 80 valence electrons. The van der Waals surface area contributed by atoms with Crippen molar-refractivity contribution < 1.29 is 19.7 Å². The Bertz CT molecular complexity index is 249. The molecule has 2 fully saturated rings. The van der Waals surface area contributed by atoms with Crippen molar-refractivity contribution in [1.82, 2.24) is 0 Å². The Morgan fingerprint density at radius 3 is 2.71 bits per heavy atom. The molecule has 4 heteroatoms. The molecular weight excluding hydrogens is 184 g/mol. The third-order valence-corrected chi connectivity index (χ3v) is 3.35. The van der Waals surface area contributed by atoms with Gasteiger partial charge in [-0.15, -0.1) is 0 Å². The summed E-state index contributed by atoms with van der Waals surface area (Å²) >= 11 is 0. The van der Waals surface area contributed by atoms with Crippen LogP contribution in [0.5, 0.6) is 0 Å². The highest BCUT2D eigenvalue weighted by atomic mass is 16.5. The van der Waals surface area contributed by atoms with Gasteiger partial charge in [0.25, 0.3) is 0 Å². The van der Waals surface area contributed by atoms with Gasteiger partial charge < -0.3 is 14.9 Å². The van der Waals surface area contributed by atoms with Crippen LogP contribution in [0.3, 0.4) is 0 Å². The SMILES string of the molecule is CC(O)(CC1CC2CCC1O2)C(=O)O. The van der Waals surface area contributed by atoms with E-state index < -0.39 is 11.6 Å². The first kappa shape index (κ1) is 9.93. The second-order valence-corrected chi connectivity index (χ2v) is 4.65. The van der Waals surface area contributed by atoms with Crippen molar-refractivity contribution in [2.45, 2.75) is 50.4 Å². The summed E-state index contributed by atoms with van der Waals surface area (Å²) in [6.45, 7) is 1.36. The molecular formula is C10H16O4. The van der Waals surface area contributed by atoms with Crippen LogP contribution >= 0.6 is 0 Å². The summed E-state index contributed by atoms with van der Waals surface area (Å²) in [7, 11) is 0. The van der Waals surface area contributed by atoms with E-state index in [-0.39, 0.29) is 12.0 Å². The normalized spacial score (nSPS) is 39.7. The molecule has 4 nitrogen and oxygen atoms in total. The summed E-state index contributed by atoms with van der Waals surface area (Å²) in [5.41, 5.74) is -1.60. The van der Waals surface area contributed by atoms with Gasteiger partial charge in [0.2, 0.25) is 0 Å². The Kier molecular flexibility index (Phi) is 2.27. The molecule has 0 aromatic heterocycles. The molecule has 0 aliphatic carbocycles. The van der Waals surface area contributed by atoms with E-state index in [0.717, 1.165) is 19.3 Å². The van der Waals surface area contributed by atoms with Crippen LogP contribution in [0.2, 0.25) is 0 Å². The first-order chi connectivity index (χ1) is 6.49. The Hall–Kier alpha value is -0.610. The Labute approximate surface area is 82.9 Å². The lowest BCUT2D eigenvalue weighted by Gasteiger charge is -2.25. The average molecular weight is 200 g/mol. The molecule has 0 spiro atoms. The van der Waals surface area contributed by atoms with Crippen molar-refractivity contribution in [3.63, 3.8) is 0 Å². The third kappa shape index (κ3) is 1.64. The molecule has 2 aliphatic rings. The second-order valence-electron chi connectivity index (χ2n) is 4.65. The highest BCUT2D eigenvalue weighted by molar-refractivity contribution is 5.76. The van der Waals surface area contributed by atoms with Crippen molar-refractivity contribution >= 4 is 5.97 Å². The molecule has 2 saturated heterocycles. The quantitative estimate of drug-likeness (QED) is 0.706. The molecule has 2 heterocycles. The van der Waals surface area contributed by atoms with E-state index in [9.17, 15) is 9.90 Å². The van der Waals surface area contributed by atoms with E-state index in [4.69, 9.17) is 9.84 Å². The van der Waals surface area contributed by atoms with Gasteiger partial charge in [-0.2, -0.15) is 0 Å². The zero-order valence-electron chi connectivity index (χ0n) is 8.27. The van der Waals surface area contributed by atoms with Gasteiger partial charge >= 0.3 is 5.97 Å². The van der Waals surface area contributed by atoms with Crippen LogP contribution < -0.4 is 0 Å². The molecule has 0 amide bonds. The molecule has 2 N–H and O–H groups in total. The minimum Gasteiger partial charge on any atom is -0.479 e. The van der Waals surface area contributed by atoms with Crippen molar-refractivity contribution in [2.24, 2.45) is 5.92 Å². The zero-order valence-corrected chi connectivity index (χ0v) is 8.27. The molecule has 4 unspecified atom stereocenters. The van der Waals surface area contributed by atoms with E-state index in [1.54, 1.807) is 0 Å². The zero-order chi connectivity index (χ0) is 10.3. The van der Waals surface area contributed by atoms with Gasteiger partial charge in [-0.1, -0.05) is 0 Å². The molecule has 14 heavy (non-hydrogen) atoms. The number of carboxylic acid groups (broad SMARTS) is 1. The van der Waals surface area contributed by atoms with Crippen LogP contribution in [0.25, 0.3) is 0 Å². The fourth-order valence-corrected chi connectivity index (χ4v) is 2.56. The molecule has 2 rings (SSSR count). The summed E-state index contributed by atoms with van der Waals surface area (Å²) in [5.74, 6) is -0.917. The predicted octanol–water partition coefficient (Wildman–Crippen LogP) is 0.780. The number of carbonyl (C=O) groups is 1. The largest absolute Gasteiger partial charge is 0.479 e. The molecule has 0 saturated carbocycles. The number of hydrogen-bond donors (Lipinski definition) is 2. The maximum Gasteiger partial charge on any atom is 0.335 e. The molecule has 2 bridgehead atoms. The number of rotatable bonds is 3. The molecule has 0 aromatic carbocycles. The van der Waals surface area contributed by atoms with Crippen LogP contribution in [0.4, 0.5) is 0 Å². The van der Waals surface area contributed by atoms with Crippen LogP contribution in [0.15, 0.2) is 0 Å². The van der Waals surface area contributed by atoms with Gasteiger partial charge in [0.05, 0.1) is 12.2 Å². The second kappa shape index (κ2) is 3.21. The van der Waals surface area contributed by atoms with Crippen LogP contribution in [-0.2, 0) is 9.53 Å². The van der Waals surface area contributed by atoms with Crippen LogP contribution in [0.1, 0.15) is 32.6 Å². The van der Waals surface area contributed by atoms with Gasteiger partial charge in [0, 0.05) is 0 Å². The first-order valence-electron chi connectivity index (χ1n) is 5.10. The summed E-state index contributed by atoms with van der Waals surface area (Å²) in [5, 5.41) is 18.4. The smallest absolute Gasteiger partial charge is 0.335 e. The first-order valence-corrected chi connectivity index (χ1v) is 5.10. The lowest BCUT2D eigenvalue weighted by atomic mass is 9.81. The minimum absolute atomic E-state index is 0.186. The topological polar surface area (TPSA) is 66.8 Å². The lowest BCUT2D eigenvalue weighted by molar-refractivity contribution is -0.158. The predicted molar refractivity (Wildman–Crippen MR) is 48.9 cm³/mol. The van der Waals surface area contributed by atoms with Gasteiger partial charge in [0.15, 0.2) is 5.60 Å². The molecule has 0 radical (unpaired) electrons. The molecule has 0 aromatic rings. The Balaban J connectivity index is 1.95. The van der Waals surface area contributed by atoms with Crippen molar-refractivity contribution in [2.75, 3.05) is 0 Å². The van der Waals surface area contributed by atoms with Gasteiger partial charge in [-0.05, 0) is 38.5 Å². The average Bonchev–Trinajstić information content (AvgIpc) is 2.63. The lowest BCUT2D eigenvalue weighted by Crippen LogP contribution is -2.39. The van der Waals surface area contributed by atoms with Gasteiger partial charge in [-0.3, -0.25) is 0 Å². The number of fused-ring (bicyclic) bond motifs is 2. The van der Waals surface area contributed by atoms with Crippen molar-refractivity contribution in [1.29, 1.82) is 0 Å². The van der Waals surface area contributed by atoms with Crippen molar-refractivity contribution in [3.05, 3.63) is 0 Å². The van der Waals surface area contributed by atoms with Gasteiger partial charge in [0.1, 0.15) is 0 Å². The van der Waals surface area contributed by atoms with E-state index in [1.165, 1.54) is 6.92 Å². The number of aliphatic hydroxyl groups is 1. The van der Waals surface area contributed by atoms with E-state index in [1.807, 2.05) is 0 Å². The Morgan fingerprint density at radius 2 is 2.29 bits per heavy atom. The summed E-state index contributed by atoms with van der Waals surface area (Å²) in [4.78, 5) is 10.7.